The van der Waals surface area contributed by atoms with Crippen LogP contribution in [0.2, 0.25) is 0 Å². The summed E-state index contributed by atoms with van der Waals surface area (Å²) < 4.78 is 6.50. The third-order valence-electron chi connectivity index (χ3n) is 6.91. The van der Waals surface area contributed by atoms with Crippen molar-refractivity contribution in [3.8, 4) is 5.75 Å². The minimum atomic E-state index is -1.13. The largest absolute Gasteiger partial charge is 0.439 e. The number of rotatable bonds is 5. The van der Waals surface area contributed by atoms with Crippen molar-refractivity contribution >= 4 is 35.1 Å². The van der Waals surface area contributed by atoms with E-state index in [1.807, 2.05) is 47.5 Å². The summed E-state index contributed by atoms with van der Waals surface area (Å²) in [6, 6.07) is 26.5. The van der Waals surface area contributed by atoms with Crippen molar-refractivity contribution in [2.24, 2.45) is 5.10 Å². The number of carbonyl (C=O) groups excluding carboxylic acids is 1. The normalized spacial score (nSPS) is 23.2. The monoisotopic (exact) mass is 496 g/mol. The summed E-state index contributed by atoms with van der Waals surface area (Å²) in [5.74, 6) is 0.621. The number of para-hydroxylation sites is 1. The van der Waals surface area contributed by atoms with Crippen LogP contribution in [-0.4, -0.2) is 34.9 Å². The number of nitrogens with one attached hydrogen (secondary N) is 1. The summed E-state index contributed by atoms with van der Waals surface area (Å²) in [4.78, 5) is 16.1. The molecule has 3 aliphatic rings. The number of hydrazone groups is 1. The van der Waals surface area contributed by atoms with Gasteiger partial charge in [-0.1, -0.05) is 60.7 Å². The number of fused-ring (bicyclic) bond motifs is 4. The minimum Gasteiger partial charge on any atom is -0.439 e. The van der Waals surface area contributed by atoms with Gasteiger partial charge in [-0.25, -0.2) is 5.01 Å². The van der Waals surface area contributed by atoms with Gasteiger partial charge in [-0.15, -0.1) is 0 Å². The lowest BCUT2D eigenvalue weighted by molar-refractivity contribution is -0.127. The van der Waals surface area contributed by atoms with Crippen molar-refractivity contribution in [3.05, 3.63) is 100 Å². The molecule has 0 aromatic heterocycles. The minimum absolute atomic E-state index is 0.0225. The van der Waals surface area contributed by atoms with Crippen LogP contribution in [0.5, 0.6) is 5.75 Å². The van der Waals surface area contributed by atoms with Crippen LogP contribution in [0.25, 0.3) is 6.08 Å². The van der Waals surface area contributed by atoms with Crippen molar-refractivity contribution in [1.29, 1.82) is 0 Å². The Kier molecular flexibility index (Phi) is 5.72. The van der Waals surface area contributed by atoms with Gasteiger partial charge >= 0.3 is 5.18 Å². The topological polar surface area (TPSA) is 57.2 Å². The lowest BCUT2D eigenvalue weighted by atomic mass is 9.97. The number of hydrogen-bond donors (Lipinski definition) is 1. The molecule has 0 bridgehead atoms. The molecule has 1 amide bonds. The molecule has 6 rings (SSSR count). The van der Waals surface area contributed by atoms with E-state index in [1.54, 1.807) is 0 Å². The number of ether oxygens (including phenoxy) is 1. The van der Waals surface area contributed by atoms with Gasteiger partial charge in [0.05, 0.1) is 16.7 Å². The Balaban J connectivity index is 1.34. The molecule has 36 heavy (non-hydrogen) atoms. The average Bonchev–Trinajstić information content (AvgIpc) is 3.49. The average molecular weight is 497 g/mol. The molecule has 3 heterocycles. The Morgan fingerprint density at radius 2 is 1.78 bits per heavy atom. The predicted octanol–water partition coefficient (Wildman–Crippen LogP) is 5.59. The van der Waals surface area contributed by atoms with E-state index in [0.717, 1.165) is 47.7 Å². The number of carbonyl (C=O) groups is 1. The van der Waals surface area contributed by atoms with Crippen molar-refractivity contribution in [2.45, 2.75) is 31.5 Å². The van der Waals surface area contributed by atoms with E-state index in [-0.39, 0.29) is 11.9 Å². The van der Waals surface area contributed by atoms with E-state index >= 15 is 0 Å². The number of hydrogen-bond acceptors (Lipinski definition) is 6. The summed E-state index contributed by atoms with van der Waals surface area (Å²) in [5, 5.41) is 8.92. The van der Waals surface area contributed by atoms with Crippen molar-refractivity contribution in [2.75, 3.05) is 18.0 Å². The zero-order valence-electron chi connectivity index (χ0n) is 20.3. The summed E-state index contributed by atoms with van der Waals surface area (Å²) in [7, 11) is 0. The molecule has 6 nitrogen and oxygen atoms in total. The first-order valence-electron chi connectivity index (χ1n) is 12.4. The van der Waals surface area contributed by atoms with E-state index in [9.17, 15) is 4.79 Å². The Labute approximate surface area is 215 Å². The molecule has 0 radical (unpaired) electrons. The van der Waals surface area contributed by atoms with Gasteiger partial charge in [-0.3, -0.25) is 10.1 Å². The molecule has 2 unspecified atom stereocenters. The molecule has 1 fully saturated rings. The van der Waals surface area contributed by atoms with Gasteiger partial charge in [0.1, 0.15) is 5.75 Å². The fraction of sp³-hybridized carbons (Fsp3) is 0.241. The highest BCUT2D eigenvalue weighted by atomic mass is 32.2. The maximum absolute atomic E-state index is 13.2. The molecule has 1 spiro atoms. The van der Waals surface area contributed by atoms with Gasteiger partial charge < -0.3 is 9.64 Å². The third-order valence-corrected chi connectivity index (χ3v) is 8.08. The lowest BCUT2D eigenvalue weighted by Crippen LogP contribution is -2.58. The number of nitrogens with zero attached hydrogens (tertiary/aromatic N) is 3. The fourth-order valence-electron chi connectivity index (χ4n) is 5.07. The smallest absolute Gasteiger partial charge is 0.336 e. The van der Waals surface area contributed by atoms with Crippen LogP contribution < -0.4 is 15.0 Å². The lowest BCUT2D eigenvalue weighted by Gasteiger charge is -2.43. The zero-order valence-corrected chi connectivity index (χ0v) is 21.2. The highest BCUT2D eigenvalue weighted by Crippen LogP contribution is 2.53. The van der Waals surface area contributed by atoms with Gasteiger partial charge in [0.2, 0.25) is 0 Å². The quantitative estimate of drug-likeness (QED) is 0.467. The molecular formula is C29H28N4O2S. The predicted molar refractivity (Wildman–Crippen MR) is 146 cm³/mol. The highest BCUT2D eigenvalue weighted by molar-refractivity contribution is 8.05. The first-order valence-corrected chi connectivity index (χ1v) is 13.2. The fourth-order valence-corrected chi connectivity index (χ4v) is 6.24. The molecule has 3 aromatic carbocycles. The molecule has 0 aliphatic carbocycles. The third kappa shape index (κ3) is 3.84. The molecule has 2 atom stereocenters. The zero-order chi connectivity index (χ0) is 24.7. The molecule has 1 saturated heterocycles. The number of benzene rings is 3. The van der Waals surface area contributed by atoms with Crippen LogP contribution in [0.4, 0.5) is 5.69 Å². The maximum atomic E-state index is 13.2. The van der Waals surface area contributed by atoms with E-state index in [0.29, 0.717) is 4.91 Å². The Morgan fingerprint density at radius 1 is 1.06 bits per heavy atom. The van der Waals surface area contributed by atoms with E-state index < -0.39 is 5.18 Å². The van der Waals surface area contributed by atoms with Gasteiger partial charge in [-0.05, 0) is 61.0 Å². The number of amides is 1. The van der Waals surface area contributed by atoms with E-state index in [2.05, 4.69) is 66.5 Å². The molecule has 3 aliphatic heterocycles. The molecule has 7 heteroatoms. The van der Waals surface area contributed by atoms with Crippen molar-refractivity contribution < 1.29 is 9.53 Å². The molecule has 0 saturated carbocycles. The Bertz CT molecular complexity index is 1350. The van der Waals surface area contributed by atoms with Gasteiger partial charge in [0.15, 0.2) is 0 Å². The van der Waals surface area contributed by atoms with E-state index in [1.165, 1.54) is 17.4 Å². The summed E-state index contributed by atoms with van der Waals surface area (Å²) in [6.07, 6.45) is 2.67. The second-order valence-electron chi connectivity index (χ2n) is 9.03. The van der Waals surface area contributed by atoms with Crippen molar-refractivity contribution in [1.82, 2.24) is 10.3 Å². The summed E-state index contributed by atoms with van der Waals surface area (Å²) in [5.41, 5.74) is 5.30. The second-order valence-corrected chi connectivity index (χ2v) is 10.2. The van der Waals surface area contributed by atoms with Gasteiger partial charge in [0.25, 0.3) is 5.91 Å². The molecule has 1 N–H and O–H groups in total. The van der Waals surface area contributed by atoms with Crippen LogP contribution >= 0.6 is 11.8 Å². The number of anilines is 1. The standard InChI is InChI=1S/C29H28N4O2S/c1-3-32(4-2)22-16-14-20(15-17-22)18-27-28(34)30-29(36-27)33-25(23-12-8-9-13-26(23)35-29)19-24(31-33)21-10-6-5-7-11-21/h5-18,25H,3-4,19H2,1-2H3,(H,30,34)/b27-18-. The van der Waals surface area contributed by atoms with Crippen molar-refractivity contribution in [3.63, 3.8) is 0 Å². The van der Waals surface area contributed by atoms with Crippen LogP contribution in [0.15, 0.2) is 88.9 Å². The van der Waals surface area contributed by atoms with Crippen LogP contribution in [-0.2, 0) is 4.79 Å². The SMILES string of the molecule is CCN(CC)c1ccc(/C=C2\SC3(NC2=O)Oc2ccccc2C2CC(c4ccccc4)=NN23)cc1. The van der Waals surface area contributed by atoms with Gasteiger partial charge in [-0.2, -0.15) is 5.10 Å². The summed E-state index contributed by atoms with van der Waals surface area (Å²) in [6.45, 7) is 6.22. The van der Waals surface area contributed by atoms with Gasteiger partial charge in [0, 0.05) is 30.8 Å². The maximum Gasteiger partial charge on any atom is 0.336 e. The number of thioether (sulfide) groups is 1. The first-order chi connectivity index (χ1) is 17.6. The Morgan fingerprint density at radius 3 is 2.53 bits per heavy atom. The highest BCUT2D eigenvalue weighted by Gasteiger charge is 2.57. The molecule has 3 aromatic rings. The van der Waals surface area contributed by atoms with E-state index in [4.69, 9.17) is 9.84 Å². The first kappa shape index (κ1) is 22.7. The van der Waals surface area contributed by atoms with Crippen LogP contribution in [0.1, 0.15) is 43.0 Å². The molecule has 182 valence electrons. The molecular weight excluding hydrogens is 468 g/mol. The Hall–Kier alpha value is -3.71. The van der Waals surface area contributed by atoms with Crippen LogP contribution in [0.3, 0.4) is 0 Å². The van der Waals surface area contributed by atoms with Crippen LogP contribution in [0, 0.1) is 0 Å². The second kappa shape index (κ2) is 9.06. The summed E-state index contributed by atoms with van der Waals surface area (Å²) >= 11 is 1.38.